The van der Waals surface area contributed by atoms with Crippen LogP contribution in [0.25, 0.3) is 0 Å². The summed E-state index contributed by atoms with van der Waals surface area (Å²) in [4.78, 5) is 27.7. The molecule has 0 spiro atoms. The van der Waals surface area contributed by atoms with Crippen molar-refractivity contribution >= 4 is 23.6 Å². The molecule has 1 N–H and O–H groups in total. The molecule has 32 heavy (non-hydrogen) atoms. The third kappa shape index (κ3) is 5.09. The average Bonchev–Trinajstić information content (AvgIpc) is 3.26. The van der Waals surface area contributed by atoms with Gasteiger partial charge in [-0.1, -0.05) is 23.7 Å². The summed E-state index contributed by atoms with van der Waals surface area (Å²) in [5.41, 5.74) is 0.965. The number of aromatic nitrogens is 2. The maximum Gasteiger partial charge on any atom is 0.356 e. The first-order valence-corrected chi connectivity index (χ1v) is 10.6. The summed E-state index contributed by atoms with van der Waals surface area (Å²) >= 11 is 5.92. The number of aromatic carboxylic acids is 1. The Morgan fingerprint density at radius 3 is 2.59 bits per heavy atom. The van der Waals surface area contributed by atoms with E-state index in [2.05, 4.69) is 10.00 Å². The zero-order valence-electron chi connectivity index (χ0n) is 17.5. The van der Waals surface area contributed by atoms with Gasteiger partial charge in [0, 0.05) is 43.4 Å². The fourth-order valence-corrected chi connectivity index (χ4v) is 3.87. The van der Waals surface area contributed by atoms with E-state index in [1.54, 1.807) is 17.0 Å². The molecule has 4 rings (SSSR count). The number of carboxylic acid groups (broad SMARTS) is 1. The van der Waals surface area contributed by atoms with Gasteiger partial charge in [0.25, 0.3) is 0 Å². The maximum atomic E-state index is 12.7. The molecule has 9 heteroatoms. The molecule has 0 unspecified atom stereocenters. The second-order valence-electron chi connectivity index (χ2n) is 7.71. The highest BCUT2D eigenvalue weighted by Crippen LogP contribution is 2.24. The first-order valence-electron chi connectivity index (χ1n) is 10.2. The van der Waals surface area contributed by atoms with E-state index < -0.39 is 5.97 Å². The average molecular weight is 455 g/mol. The number of nitrogens with zero attached hydrogens (tertiary/aromatic N) is 4. The van der Waals surface area contributed by atoms with Crippen molar-refractivity contribution in [2.45, 2.75) is 19.5 Å². The van der Waals surface area contributed by atoms with Gasteiger partial charge < -0.3 is 14.7 Å². The number of halogens is 1. The van der Waals surface area contributed by atoms with Gasteiger partial charge in [-0.05, 0) is 55.0 Å². The van der Waals surface area contributed by atoms with Crippen molar-refractivity contribution in [2.75, 3.05) is 19.6 Å². The van der Waals surface area contributed by atoms with Crippen LogP contribution in [0.1, 0.15) is 23.0 Å². The Balaban J connectivity index is 1.36. The second-order valence-corrected chi connectivity index (χ2v) is 8.15. The van der Waals surface area contributed by atoms with Gasteiger partial charge in [-0.15, -0.1) is 0 Å². The monoisotopic (exact) mass is 454 g/mol. The molecule has 0 bridgehead atoms. The minimum absolute atomic E-state index is 0.0396. The van der Waals surface area contributed by atoms with E-state index in [9.17, 15) is 9.59 Å². The number of hydrogen-bond donors (Lipinski definition) is 1. The molecule has 0 aliphatic carbocycles. The Morgan fingerprint density at radius 2 is 1.91 bits per heavy atom. The van der Waals surface area contributed by atoms with Gasteiger partial charge in [-0.25, -0.2) is 9.59 Å². The fourth-order valence-electron chi connectivity index (χ4n) is 3.74. The zero-order chi connectivity index (χ0) is 22.7. The summed E-state index contributed by atoms with van der Waals surface area (Å²) in [5.74, 6) is 0.313. The molecule has 8 nitrogen and oxygen atoms in total. The highest BCUT2D eigenvalue weighted by molar-refractivity contribution is 6.30. The van der Waals surface area contributed by atoms with Crippen molar-refractivity contribution < 1.29 is 19.4 Å². The molecule has 1 aromatic heterocycles. The molecule has 3 aromatic rings. The van der Waals surface area contributed by atoms with Crippen molar-refractivity contribution in [3.05, 3.63) is 77.1 Å². The Morgan fingerprint density at radius 1 is 1.12 bits per heavy atom. The molecule has 0 radical (unpaired) electrons. The quantitative estimate of drug-likeness (QED) is 0.621. The van der Waals surface area contributed by atoms with E-state index in [1.165, 1.54) is 12.3 Å². The van der Waals surface area contributed by atoms with Gasteiger partial charge in [0.2, 0.25) is 0 Å². The van der Waals surface area contributed by atoms with Gasteiger partial charge in [-0.3, -0.25) is 4.90 Å². The largest absolute Gasteiger partial charge is 0.476 e. The van der Waals surface area contributed by atoms with E-state index in [0.717, 1.165) is 28.3 Å². The molecule has 1 fully saturated rings. The molecule has 1 amide bonds. The minimum Gasteiger partial charge on any atom is -0.476 e. The van der Waals surface area contributed by atoms with Crippen LogP contribution < -0.4 is 4.74 Å². The van der Waals surface area contributed by atoms with Crippen molar-refractivity contribution in [1.82, 2.24) is 19.6 Å². The molecule has 1 saturated heterocycles. The van der Waals surface area contributed by atoms with Gasteiger partial charge in [0.1, 0.15) is 11.5 Å². The summed E-state index contributed by atoms with van der Waals surface area (Å²) in [6, 6.07) is 16.1. The van der Waals surface area contributed by atoms with Gasteiger partial charge in [-0.2, -0.15) is 9.78 Å². The number of carbonyl (C=O) groups excluding carboxylic acids is 1. The van der Waals surface area contributed by atoms with Crippen molar-refractivity contribution in [1.29, 1.82) is 0 Å². The molecular formula is C23H23ClN4O4. The first-order chi connectivity index (χ1) is 15.4. The summed E-state index contributed by atoms with van der Waals surface area (Å²) in [7, 11) is 0. The number of carboxylic acids is 1. The number of rotatable bonds is 5. The molecular weight excluding hydrogens is 432 g/mol. The van der Waals surface area contributed by atoms with Crippen LogP contribution in [0.5, 0.6) is 11.5 Å². The van der Waals surface area contributed by atoms with E-state index in [1.807, 2.05) is 43.3 Å². The predicted molar refractivity (Wildman–Crippen MR) is 119 cm³/mol. The third-order valence-electron chi connectivity index (χ3n) is 5.32. The van der Waals surface area contributed by atoms with Crippen molar-refractivity contribution in [3.8, 4) is 11.5 Å². The van der Waals surface area contributed by atoms with Crippen LogP contribution in [0.15, 0.2) is 60.8 Å². The van der Waals surface area contributed by atoms with Crippen LogP contribution in [-0.4, -0.2) is 62.4 Å². The Labute approximate surface area is 190 Å². The molecule has 2 aromatic carbocycles. The smallest absolute Gasteiger partial charge is 0.356 e. The normalized spacial score (nSPS) is 16.7. The lowest BCUT2D eigenvalue weighted by atomic mass is 10.1. The van der Waals surface area contributed by atoms with Crippen LogP contribution >= 0.6 is 11.6 Å². The molecule has 1 atom stereocenters. The van der Waals surface area contributed by atoms with Crippen molar-refractivity contribution in [3.63, 3.8) is 0 Å². The Bertz CT molecular complexity index is 1120. The van der Waals surface area contributed by atoms with E-state index in [4.69, 9.17) is 21.4 Å². The number of carbonyl (C=O) groups is 2. The number of piperazine rings is 1. The van der Waals surface area contributed by atoms with Crippen LogP contribution in [0.2, 0.25) is 5.02 Å². The molecule has 166 valence electrons. The summed E-state index contributed by atoms with van der Waals surface area (Å²) < 4.78 is 7.01. The van der Waals surface area contributed by atoms with Crippen LogP contribution in [0.4, 0.5) is 4.79 Å². The highest BCUT2D eigenvalue weighted by Gasteiger charge is 2.29. The van der Waals surface area contributed by atoms with E-state index in [0.29, 0.717) is 24.7 Å². The number of amides is 1. The van der Waals surface area contributed by atoms with Crippen LogP contribution in [-0.2, 0) is 6.54 Å². The lowest BCUT2D eigenvalue weighted by Crippen LogP contribution is -2.54. The number of benzene rings is 2. The SMILES string of the molecule is C[C@H]1CN(Cc2cccc(Oc3ccc(Cl)cc3)c2)CCN1C(=O)n1ccc(C(=O)O)n1. The summed E-state index contributed by atoms with van der Waals surface area (Å²) in [5, 5.41) is 13.5. The van der Waals surface area contributed by atoms with Gasteiger partial charge in [0.05, 0.1) is 0 Å². The highest BCUT2D eigenvalue weighted by atomic mass is 35.5. The fraction of sp³-hybridized carbons (Fsp3) is 0.261. The standard InChI is InChI=1S/C23H23ClN4O4/c1-16-14-26(11-12-27(16)23(31)28-10-9-21(25-28)22(29)30)15-17-3-2-4-20(13-17)32-19-7-5-18(24)6-8-19/h2-10,13,16H,11-12,14-15H2,1H3,(H,29,30)/t16-/m0/s1. The lowest BCUT2D eigenvalue weighted by molar-refractivity contribution is 0.0689. The van der Waals surface area contributed by atoms with E-state index >= 15 is 0 Å². The lowest BCUT2D eigenvalue weighted by Gasteiger charge is -2.39. The molecule has 0 saturated carbocycles. The van der Waals surface area contributed by atoms with Crippen LogP contribution in [0, 0.1) is 0 Å². The van der Waals surface area contributed by atoms with Gasteiger partial charge >= 0.3 is 12.0 Å². The summed E-state index contributed by atoms with van der Waals surface area (Å²) in [6.07, 6.45) is 1.39. The molecule has 1 aliphatic rings. The minimum atomic E-state index is -1.16. The first kappa shape index (κ1) is 21.9. The zero-order valence-corrected chi connectivity index (χ0v) is 18.3. The van der Waals surface area contributed by atoms with E-state index in [-0.39, 0.29) is 17.8 Å². The second kappa shape index (κ2) is 9.42. The topological polar surface area (TPSA) is 87.9 Å². The number of hydrogen-bond acceptors (Lipinski definition) is 5. The Hall–Kier alpha value is -3.36. The van der Waals surface area contributed by atoms with Crippen molar-refractivity contribution in [2.24, 2.45) is 0 Å². The maximum absolute atomic E-state index is 12.7. The summed E-state index contributed by atoms with van der Waals surface area (Å²) in [6.45, 7) is 4.64. The predicted octanol–water partition coefficient (Wildman–Crippen LogP) is 4.20. The molecule has 2 heterocycles. The Kier molecular flexibility index (Phi) is 6.43. The van der Waals surface area contributed by atoms with Crippen LogP contribution in [0.3, 0.4) is 0 Å². The van der Waals surface area contributed by atoms with Gasteiger partial charge in [0.15, 0.2) is 5.69 Å². The molecule has 1 aliphatic heterocycles. The third-order valence-corrected chi connectivity index (χ3v) is 5.57. The number of ether oxygens (including phenoxy) is 1.